The Labute approximate surface area is 190 Å². The quantitative estimate of drug-likeness (QED) is 0.252. The van der Waals surface area contributed by atoms with Crippen LogP contribution in [0.1, 0.15) is 16.7 Å². The lowest BCUT2D eigenvalue weighted by Crippen LogP contribution is -2.49. The van der Waals surface area contributed by atoms with Gasteiger partial charge in [0.05, 0.1) is 22.0 Å². The molecule has 0 saturated heterocycles. The van der Waals surface area contributed by atoms with Gasteiger partial charge in [-0.05, 0) is 56.0 Å². The summed E-state index contributed by atoms with van der Waals surface area (Å²) < 4.78 is 22.3. The predicted octanol–water partition coefficient (Wildman–Crippen LogP) is 3.75. The van der Waals surface area contributed by atoms with Gasteiger partial charge in [-0.25, -0.2) is 25.9 Å². The minimum atomic E-state index is -0.687. The Balaban J connectivity index is 1.85. The van der Waals surface area contributed by atoms with Crippen molar-refractivity contribution in [3.8, 4) is 17.0 Å². The number of amides is 2. The summed E-state index contributed by atoms with van der Waals surface area (Å²) in [4.78, 5) is 12.1. The fourth-order valence-electron chi connectivity index (χ4n) is 3.47. The van der Waals surface area contributed by atoms with Crippen molar-refractivity contribution >= 4 is 23.5 Å². The highest BCUT2D eigenvalue weighted by Gasteiger charge is 2.21. The summed E-state index contributed by atoms with van der Waals surface area (Å²) in [7, 11) is 3.28. The minimum Gasteiger partial charge on any atom is -0.488 e. The molecule has 1 heterocycles. The van der Waals surface area contributed by atoms with E-state index in [4.69, 9.17) is 16.4 Å². The van der Waals surface area contributed by atoms with Gasteiger partial charge in [0.15, 0.2) is 0 Å². The number of rotatable bonds is 6. The molecule has 10 heteroatoms. The number of halogens is 1. The molecule has 1 aromatic heterocycles. The van der Waals surface area contributed by atoms with Gasteiger partial charge in [0.25, 0.3) is 0 Å². The number of carbonyl (C=O) groups is 1. The number of ether oxygens (including phenoxy) is 1. The summed E-state index contributed by atoms with van der Waals surface area (Å²) in [6, 6.07) is 9.34. The highest BCUT2D eigenvalue weighted by molar-refractivity contribution is 7.98. The third kappa shape index (κ3) is 4.57. The first kappa shape index (κ1) is 23.6. The molecule has 2 aromatic carbocycles. The number of aromatic nitrogens is 2. The number of nitrogens with zero attached hydrogens (tertiary/aromatic N) is 4. The molecule has 170 valence electrons. The number of hydrogen-bond donors (Lipinski definition) is 2. The van der Waals surface area contributed by atoms with Gasteiger partial charge in [-0.2, -0.15) is 5.10 Å². The molecule has 0 aliphatic heterocycles. The second-order valence-electron chi connectivity index (χ2n) is 7.38. The van der Waals surface area contributed by atoms with Gasteiger partial charge in [-0.15, -0.1) is 11.8 Å². The van der Waals surface area contributed by atoms with Crippen LogP contribution >= 0.6 is 11.8 Å². The maximum atomic E-state index is 14.6. The second-order valence-corrected chi connectivity index (χ2v) is 8.17. The SMILES string of the molecule is CSc1c(C)c(-c2ccc(OCc3c(F)cccc3N(N)C(=O)N(C)N)c(C)c2)nn1C. The largest absolute Gasteiger partial charge is 0.488 e. The average Bonchev–Trinajstić information content (AvgIpc) is 3.05. The van der Waals surface area contributed by atoms with E-state index in [2.05, 4.69) is 5.10 Å². The fourth-order valence-corrected chi connectivity index (χ4v) is 4.18. The highest BCUT2D eigenvalue weighted by atomic mass is 32.2. The lowest BCUT2D eigenvalue weighted by atomic mass is 10.1. The van der Waals surface area contributed by atoms with Crippen molar-refractivity contribution in [1.29, 1.82) is 0 Å². The molecule has 32 heavy (non-hydrogen) atoms. The van der Waals surface area contributed by atoms with Crippen molar-refractivity contribution in [2.24, 2.45) is 18.7 Å². The maximum absolute atomic E-state index is 14.6. The molecule has 0 fully saturated rings. The topological polar surface area (TPSA) is 103 Å². The average molecular weight is 459 g/mol. The molecule has 2 amide bonds. The summed E-state index contributed by atoms with van der Waals surface area (Å²) in [5, 5.41) is 7.35. The third-order valence-electron chi connectivity index (χ3n) is 5.10. The number of benzene rings is 2. The zero-order chi connectivity index (χ0) is 23.6. The Morgan fingerprint density at radius 3 is 2.56 bits per heavy atom. The second kappa shape index (κ2) is 9.60. The Bertz CT molecular complexity index is 1150. The van der Waals surface area contributed by atoms with Gasteiger partial charge in [-0.3, -0.25) is 9.69 Å². The van der Waals surface area contributed by atoms with Crippen LogP contribution in [0.5, 0.6) is 5.75 Å². The predicted molar refractivity (Wildman–Crippen MR) is 125 cm³/mol. The van der Waals surface area contributed by atoms with Crippen LogP contribution < -0.4 is 21.4 Å². The van der Waals surface area contributed by atoms with Crippen LogP contribution in [0, 0.1) is 19.7 Å². The molecule has 0 bridgehead atoms. The van der Waals surface area contributed by atoms with Gasteiger partial charge in [0, 0.05) is 25.2 Å². The van der Waals surface area contributed by atoms with Crippen molar-refractivity contribution < 1.29 is 13.9 Å². The number of anilines is 1. The first-order chi connectivity index (χ1) is 15.1. The van der Waals surface area contributed by atoms with E-state index in [-0.39, 0.29) is 17.9 Å². The van der Waals surface area contributed by atoms with Gasteiger partial charge < -0.3 is 4.74 Å². The first-order valence-corrected chi connectivity index (χ1v) is 11.0. The van der Waals surface area contributed by atoms with Crippen LogP contribution in [-0.4, -0.2) is 34.1 Å². The first-order valence-electron chi connectivity index (χ1n) is 9.81. The summed E-state index contributed by atoms with van der Waals surface area (Å²) in [5.74, 6) is 11.4. The van der Waals surface area contributed by atoms with Gasteiger partial charge >= 0.3 is 6.03 Å². The van der Waals surface area contributed by atoms with E-state index in [0.717, 1.165) is 37.4 Å². The smallest absolute Gasteiger partial charge is 0.352 e. The zero-order valence-electron chi connectivity index (χ0n) is 18.7. The molecule has 8 nitrogen and oxygen atoms in total. The minimum absolute atomic E-state index is 0.114. The van der Waals surface area contributed by atoms with Crippen LogP contribution in [0.2, 0.25) is 0 Å². The number of carbonyl (C=O) groups excluding carboxylic acids is 1. The number of aryl methyl sites for hydroxylation is 2. The van der Waals surface area contributed by atoms with E-state index in [1.54, 1.807) is 11.8 Å². The maximum Gasteiger partial charge on any atom is 0.352 e. The Morgan fingerprint density at radius 2 is 1.97 bits per heavy atom. The van der Waals surface area contributed by atoms with Crippen LogP contribution in [0.4, 0.5) is 14.9 Å². The monoisotopic (exact) mass is 458 g/mol. The van der Waals surface area contributed by atoms with E-state index in [1.165, 1.54) is 25.2 Å². The number of hydrazine groups is 2. The third-order valence-corrected chi connectivity index (χ3v) is 6.05. The van der Waals surface area contributed by atoms with Crippen molar-refractivity contribution in [2.75, 3.05) is 18.3 Å². The van der Waals surface area contributed by atoms with Crippen LogP contribution in [-0.2, 0) is 13.7 Å². The normalized spacial score (nSPS) is 10.9. The highest BCUT2D eigenvalue weighted by Crippen LogP contribution is 2.32. The van der Waals surface area contributed by atoms with Gasteiger partial charge in [0.2, 0.25) is 0 Å². The Morgan fingerprint density at radius 1 is 1.25 bits per heavy atom. The van der Waals surface area contributed by atoms with Crippen molar-refractivity contribution in [3.05, 3.63) is 58.9 Å². The molecule has 0 atom stereocenters. The van der Waals surface area contributed by atoms with Crippen LogP contribution in [0.25, 0.3) is 11.3 Å². The number of hydrogen-bond acceptors (Lipinski definition) is 6. The summed E-state index contributed by atoms with van der Waals surface area (Å²) in [5.41, 5.74) is 4.19. The van der Waals surface area contributed by atoms with Crippen molar-refractivity contribution in [1.82, 2.24) is 14.8 Å². The summed E-state index contributed by atoms with van der Waals surface area (Å²) in [6.45, 7) is 3.85. The Hall–Kier alpha value is -3.08. The van der Waals surface area contributed by atoms with Crippen molar-refractivity contribution in [2.45, 2.75) is 25.5 Å². The zero-order valence-corrected chi connectivity index (χ0v) is 19.5. The molecule has 3 rings (SSSR count). The molecular formula is C22H27FN6O2S. The van der Waals surface area contributed by atoms with E-state index >= 15 is 0 Å². The number of urea groups is 1. The molecule has 3 aromatic rings. The summed E-state index contributed by atoms with van der Waals surface area (Å²) in [6.07, 6.45) is 2.02. The molecular weight excluding hydrogens is 431 g/mol. The van der Waals surface area contributed by atoms with Crippen LogP contribution in [0.3, 0.4) is 0 Å². The molecule has 0 aliphatic carbocycles. The molecule has 4 N–H and O–H groups in total. The number of thioether (sulfide) groups is 1. The summed E-state index contributed by atoms with van der Waals surface area (Å²) >= 11 is 1.65. The lowest BCUT2D eigenvalue weighted by Gasteiger charge is -2.23. The van der Waals surface area contributed by atoms with Crippen LogP contribution in [0.15, 0.2) is 41.4 Å². The molecule has 0 spiro atoms. The molecule has 0 radical (unpaired) electrons. The van der Waals surface area contributed by atoms with E-state index in [1.807, 2.05) is 50.0 Å². The molecule has 0 saturated carbocycles. The van der Waals surface area contributed by atoms with E-state index in [9.17, 15) is 9.18 Å². The standard InChI is InChI=1S/C22H27FN6O2S/c1-13-11-15(20-14(2)21(32-5)28(4)26-20)9-10-19(13)31-12-16-17(23)7-6-8-18(16)29(25)22(30)27(3)24/h6-11H,12,24-25H2,1-5H3. The molecule has 0 aliphatic rings. The van der Waals surface area contributed by atoms with E-state index in [0.29, 0.717) is 5.75 Å². The molecule has 0 unspecified atom stereocenters. The van der Waals surface area contributed by atoms with E-state index < -0.39 is 11.8 Å². The van der Waals surface area contributed by atoms with Gasteiger partial charge in [0.1, 0.15) is 18.2 Å². The lowest BCUT2D eigenvalue weighted by molar-refractivity contribution is 0.216. The number of nitrogens with two attached hydrogens (primary N) is 2. The van der Waals surface area contributed by atoms with Crippen molar-refractivity contribution in [3.63, 3.8) is 0 Å². The fraction of sp³-hybridized carbons (Fsp3) is 0.273. The van der Waals surface area contributed by atoms with Gasteiger partial charge in [-0.1, -0.05) is 6.07 Å². The Kier molecular flexibility index (Phi) is 7.07.